The van der Waals surface area contributed by atoms with E-state index >= 15 is 0 Å². The van der Waals surface area contributed by atoms with E-state index in [2.05, 4.69) is 0 Å². The first-order valence-electron chi connectivity index (χ1n) is 4.07. The summed E-state index contributed by atoms with van der Waals surface area (Å²) in [6.07, 6.45) is 0. The first kappa shape index (κ1) is 9.37. The number of nitrogen functional groups attached to an aromatic ring is 2. The molecule has 0 bridgehead atoms. The molecule has 0 aliphatic carbocycles. The van der Waals surface area contributed by atoms with Crippen LogP contribution in [0.15, 0.2) is 30.3 Å². The molecule has 2 rings (SSSR count). The van der Waals surface area contributed by atoms with Gasteiger partial charge in [-0.15, -0.1) is 11.3 Å². The third-order valence-electron chi connectivity index (χ3n) is 1.94. The molecule has 1 aromatic carbocycles. The van der Waals surface area contributed by atoms with Crippen LogP contribution in [0, 0.1) is 0 Å². The minimum absolute atomic E-state index is 0.604. The van der Waals surface area contributed by atoms with Crippen LogP contribution in [-0.4, -0.2) is 0 Å². The molecular formula is C10H9ClN2S. The Labute approximate surface area is 91.1 Å². The lowest BCUT2D eigenvalue weighted by Gasteiger charge is -2.02. The van der Waals surface area contributed by atoms with E-state index < -0.39 is 0 Å². The molecule has 2 nitrogen and oxygen atoms in total. The van der Waals surface area contributed by atoms with Crippen molar-refractivity contribution in [2.45, 2.75) is 0 Å². The van der Waals surface area contributed by atoms with E-state index in [-0.39, 0.29) is 0 Å². The second-order valence-electron chi connectivity index (χ2n) is 2.95. The van der Waals surface area contributed by atoms with Crippen LogP contribution in [0.2, 0.25) is 4.34 Å². The molecule has 4 heteroatoms. The van der Waals surface area contributed by atoms with Crippen molar-refractivity contribution in [3.05, 3.63) is 34.7 Å². The number of thiophene rings is 1. The van der Waals surface area contributed by atoms with E-state index in [1.54, 1.807) is 6.07 Å². The second kappa shape index (κ2) is 3.52. The van der Waals surface area contributed by atoms with Crippen LogP contribution in [0.5, 0.6) is 0 Å². The maximum absolute atomic E-state index is 5.84. The quantitative estimate of drug-likeness (QED) is 0.731. The van der Waals surface area contributed by atoms with E-state index in [0.717, 1.165) is 14.8 Å². The van der Waals surface area contributed by atoms with Crippen molar-refractivity contribution in [2.24, 2.45) is 0 Å². The lowest BCUT2D eigenvalue weighted by Crippen LogP contribution is -1.93. The molecule has 0 saturated carbocycles. The monoisotopic (exact) mass is 224 g/mol. The van der Waals surface area contributed by atoms with Gasteiger partial charge in [0.2, 0.25) is 0 Å². The van der Waals surface area contributed by atoms with Crippen LogP contribution in [0.25, 0.3) is 10.4 Å². The van der Waals surface area contributed by atoms with Crippen LogP contribution < -0.4 is 11.5 Å². The fourth-order valence-corrected chi connectivity index (χ4v) is 2.24. The summed E-state index contributed by atoms with van der Waals surface area (Å²) in [4.78, 5) is 1.10. The molecule has 0 aliphatic heterocycles. The summed E-state index contributed by atoms with van der Waals surface area (Å²) in [7, 11) is 0. The Hall–Kier alpha value is -1.19. The Kier molecular flexibility index (Phi) is 2.35. The van der Waals surface area contributed by atoms with Crippen LogP contribution in [0.3, 0.4) is 0 Å². The standard InChI is InChI=1S/C10H9ClN2S/c11-10-4-3-9(14-10)6-1-2-7(12)8(13)5-6/h1-5H,12-13H2. The molecule has 14 heavy (non-hydrogen) atoms. The van der Waals surface area contributed by atoms with Gasteiger partial charge in [0, 0.05) is 4.88 Å². The molecule has 2 aromatic rings. The van der Waals surface area contributed by atoms with Crippen molar-refractivity contribution in [3.63, 3.8) is 0 Å². The largest absolute Gasteiger partial charge is 0.397 e. The van der Waals surface area contributed by atoms with E-state index in [4.69, 9.17) is 23.1 Å². The molecule has 1 aromatic heterocycles. The Morgan fingerprint density at radius 2 is 1.79 bits per heavy atom. The van der Waals surface area contributed by atoms with Gasteiger partial charge in [0.1, 0.15) is 0 Å². The minimum Gasteiger partial charge on any atom is -0.397 e. The van der Waals surface area contributed by atoms with Gasteiger partial charge in [-0.25, -0.2) is 0 Å². The van der Waals surface area contributed by atoms with Crippen molar-refractivity contribution in [1.29, 1.82) is 0 Å². The molecular weight excluding hydrogens is 216 g/mol. The maximum atomic E-state index is 5.84. The van der Waals surface area contributed by atoms with Crippen LogP contribution in [0.1, 0.15) is 0 Å². The van der Waals surface area contributed by atoms with Gasteiger partial charge in [0.05, 0.1) is 15.7 Å². The lowest BCUT2D eigenvalue weighted by molar-refractivity contribution is 1.66. The Morgan fingerprint density at radius 3 is 2.36 bits per heavy atom. The molecule has 0 saturated heterocycles. The average molecular weight is 225 g/mol. The van der Waals surface area contributed by atoms with E-state index in [1.165, 1.54) is 11.3 Å². The summed E-state index contributed by atoms with van der Waals surface area (Å²) in [5, 5.41) is 0. The van der Waals surface area contributed by atoms with Gasteiger partial charge in [-0.05, 0) is 29.8 Å². The summed E-state index contributed by atoms with van der Waals surface area (Å²) in [5.41, 5.74) is 13.6. The summed E-state index contributed by atoms with van der Waals surface area (Å²) in [5.74, 6) is 0. The van der Waals surface area contributed by atoms with Crippen molar-refractivity contribution in [1.82, 2.24) is 0 Å². The molecule has 0 radical (unpaired) electrons. The first-order chi connectivity index (χ1) is 6.66. The fourth-order valence-electron chi connectivity index (χ4n) is 1.20. The van der Waals surface area contributed by atoms with Gasteiger partial charge in [-0.2, -0.15) is 0 Å². The fraction of sp³-hybridized carbons (Fsp3) is 0. The highest BCUT2D eigenvalue weighted by Gasteiger charge is 2.03. The molecule has 4 N–H and O–H groups in total. The minimum atomic E-state index is 0.604. The summed E-state index contributed by atoms with van der Waals surface area (Å²) in [6.45, 7) is 0. The van der Waals surface area contributed by atoms with E-state index in [0.29, 0.717) is 11.4 Å². The van der Waals surface area contributed by atoms with Crippen molar-refractivity contribution < 1.29 is 0 Å². The zero-order valence-corrected chi connectivity index (χ0v) is 8.90. The third-order valence-corrected chi connectivity index (χ3v) is 3.22. The zero-order valence-electron chi connectivity index (χ0n) is 7.33. The zero-order chi connectivity index (χ0) is 10.1. The highest BCUT2D eigenvalue weighted by Crippen LogP contribution is 2.32. The number of hydrogen-bond donors (Lipinski definition) is 2. The topological polar surface area (TPSA) is 52.0 Å². The molecule has 0 spiro atoms. The molecule has 0 aliphatic rings. The molecule has 72 valence electrons. The number of hydrogen-bond acceptors (Lipinski definition) is 3. The molecule has 0 amide bonds. The average Bonchev–Trinajstić information content (AvgIpc) is 2.57. The highest BCUT2D eigenvalue weighted by molar-refractivity contribution is 7.19. The third kappa shape index (κ3) is 1.69. The number of benzene rings is 1. The predicted molar refractivity (Wildman–Crippen MR) is 63.6 cm³/mol. The van der Waals surface area contributed by atoms with Gasteiger partial charge in [0.15, 0.2) is 0 Å². The molecule has 0 fully saturated rings. The Bertz CT molecular complexity index is 465. The highest BCUT2D eigenvalue weighted by atomic mass is 35.5. The number of rotatable bonds is 1. The normalized spacial score (nSPS) is 10.4. The summed E-state index contributed by atoms with van der Waals surface area (Å²) in [6, 6.07) is 9.44. The maximum Gasteiger partial charge on any atom is 0.0934 e. The molecule has 0 atom stereocenters. The summed E-state index contributed by atoms with van der Waals surface area (Å²) >= 11 is 7.37. The number of nitrogens with two attached hydrogens (primary N) is 2. The smallest absolute Gasteiger partial charge is 0.0934 e. The predicted octanol–water partition coefficient (Wildman–Crippen LogP) is 3.23. The van der Waals surface area contributed by atoms with E-state index in [1.807, 2.05) is 24.3 Å². The SMILES string of the molecule is Nc1ccc(-c2ccc(Cl)s2)cc1N. The Balaban J connectivity index is 2.47. The van der Waals surface area contributed by atoms with Crippen molar-refractivity contribution >= 4 is 34.3 Å². The second-order valence-corrected chi connectivity index (χ2v) is 4.66. The number of anilines is 2. The Morgan fingerprint density at radius 1 is 1.00 bits per heavy atom. The van der Waals surface area contributed by atoms with Gasteiger partial charge in [-0.1, -0.05) is 17.7 Å². The lowest BCUT2D eigenvalue weighted by atomic mass is 10.1. The molecule has 0 unspecified atom stereocenters. The van der Waals surface area contributed by atoms with Gasteiger partial charge in [-0.3, -0.25) is 0 Å². The summed E-state index contributed by atoms with van der Waals surface area (Å²) < 4.78 is 0.774. The van der Waals surface area contributed by atoms with Crippen LogP contribution >= 0.6 is 22.9 Å². The van der Waals surface area contributed by atoms with Gasteiger partial charge >= 0.3 is 0 Å². The first-order valence-corrected chi connectivity index (χ1v) is 5.27. The van der Waals surface area contributed by atoms with Crippen LogP contribution in [0.4, 0.5) is 11.4 Å². The van der Waals surface area contributed by atoms with Crippen LogP contribution in [-0.2, 0) is 0 Å². The van der Waals surface area contributed by atoms with Gasteiger partial charge < -0.3 is 11.5 Å². The van der Waals surface area contributed by atoms with Gasteiger partial charge in [0.25, 0.3) is 0 Å². The molecule has 1 heterocycles. The van der Waals surface area contributed by atoms with E-state index in [9.17, 15) is 0 Å². The van der Waals surface area contributed by atoms with Crippen molar-refractivity contribution in [2.75, 3.05) is 11.5 Å². The van der Waals surface area contributed by atoms with Crippen molar-refractivity contribution in [3.8, 4) is 10.4 Å². The number of halogens is 1.